The molecule has 0 saturated heterocycles. The summed E-state index contributed by atoms with van der Waals surface area (Å²) in [5.41, 5.74) is 0. The first-order valence-corrected chi connectivity index (χ1v) is 6.43. The third kappa shape index (κ3) is 7.69. The van der Waals surface area contributed by atoms with Crippen LogP contribution < -0.4 is 0 Å². The SMILES string of the molecule is CCOCCCC(=O)N(C)CCC(C)CC. The van der Waals surface area contributed by atoms with Crippen LogP contribution in [0.25, 0.3) is 0 Å². The highest BCUT2D eigenvalue weighted by atomic mass is 16.5. The number of amides is 1. The fourth-order valence-corrected chi connectivity index (χ4v) is 1.40. The minimum absolute atomic E-state index is 0.239. The van der Waals surface area contributed by atoms with Crippen LogP contribution in [0, 0.1) is 5.92 Å². The van der Waals surface area contributed by atoms with Gasteiger partial charge in [0.15, 0.2) is 0 Å². The molecule has 16 heavy (non-hydrogen) atoms. The number of ether oxygens (including phenoxy) is 1. The Hall–Kier alpha value is -0.570. The van der Waals surface area contributed by atoms with Gasteiger partial charge in [0.05, 0.1) is 0 Å². The summed E-state index contributed by atoms with van der Waals surface area (Å²) < 4.78 is 5.21. The summed E-state index contributed by atoms with van der Waals surface area (Å²) in [4.78, 5) is 13.5. The third-order valence-corrected chi connectivity index (χ3v) is 2.96. The second kappa shape index (κ2) is 9.64. The standard InChI is InChI=1S/C13H27NO2/c1-5-12(3)9-10-14(4)13(15)8-7-11-16-6-2/h12H,5-11H2,1-4H3. The summed E-state index contributed by atoms with van der Waals surface area (Å²) in [6.45, 7) is 8.70. The molecule has 0 aromatic carbocycles. The van der Waals surface area contributed by atoms with E-state index in [2.05, 4.69) is 13.8 Å². The first-order chi connectivity index (χ1) is 7.61. The lowest BCUT2D eigenvalue weighted by molar-refractivity contribution is -0.130. The Balaban J connectivity index is 3.57. The normalized spacial score (nSPS) is 12.5. The van der Waals surface area contributed by atoms with Crippen LogP contribution in [0.15, 0.2) is 0 Å². The number of carbonyl (C=O) groups is 1. The molecule has 1 unspecified atom stereocenters. The summed E-state index contributed by atoms with van der Waals surface area (Å²) in [6.07, 6.45) is 3.73. The van der Waals surface area contributed by atoms with E-state index in [0.29, 0.717) is 18.9 Å². The second-order valence-corrected chi connectivity index (χ2v) is 4.42. The van der Waals surface area contributed by atoms with E-state index in [0.717, 1.165) is 26.0 Å². The molecule has 0 radical (unpaired) electrons. The Labute approximate surface area is 100 Å². The molecule has 0 rings (SSSR count). The number of carbonyl (C=O) groups excluding carboxylic acids is 1. The molecule has 0 aliphatic carbocycles. The minimum atomic E-state index is 0.239. The summed E-state index contributed by atoms with van der Waals surface area (Å²) in [5, 5.41) is 0. The molecule has 3 nitrogen and oxygen atoms in total. The first-order valence-electron chi connectivity index (χ1n) is 6.43. The van der Waals surface area contributed by atoms with E-state index in [-0.39, 0.29) is 5.91 Å². The average Bonchev–Trinajstić information content (AvgIpc) is 2.30. The largest absolute Gasteiger partial charge is 0.382 e. The van der Waals surface area contributed by atoms with Gasteiger partial charge in [-0.05, 0) is 25.7 Å². The molecule has 0 aliphatic rings. The summed E-state index contributed by atoms with van der Waals surface area (Å²) >= 11 is 0. The fourth-order valence-electron chi connectivity index (χ4n) is 1.40. The van der Waals surface area contributed by atoms with Crippen LogP contribution in [-0.4, -0.2) is 37.6 Å². The number of hydrogen-bond acceptors (Lipinski definition) is 2. The molecule has 0 aromatic rings. The molecule has 96 valence electrons. The molecule has 0 N–H and O–H groups in total. The molecular weight excluding hydrogens is 202 g/mol. The summed E-state index contributed by atoms with van der Waals surface area (Å²) in [6, 6.07) is 0. The molecule has 0 spiro atoms. The maximum Gasteiger partial charge on any atom is 0.222 e. The van der Waals surface area contributed by atoms with Gasteiger partial charge in [-0.15, -0.1) is 0 Å². The van der Waals surface area contributed by atoms with E-state index in [1.54, 1.807) is 0 Å². The molecule has 1 atom stereocenters. The predicted octanol–water partition coefficient (Wildman–Crippen LogP) is 2.70. The molecule has 0 aromatic heterocycles. The number of hydrogen-bond donors (Lipinski definition) is 0. The third-order valence-electron chi connectivity index (χ3n) is 2.96. The Morgan fingerprint density at radius 3 is 2.62 bits per heavy atom. The van der Waals surface area contributed by atoms with Crippen LogP contribution in [-0.2, 0) is 9.53 Å². The van der Waals surface area contributed by atoms with Crippen molar-refractivity contribution in [1.29, 1.82) is 0 Å². The van der Waals surface area contributed by atoms with Gasteiger partial charge in [0.2, 0.25) is 5.91 Å². The van der Waals surface area contributed by atoms with Crippen molar-refractivity contribution in [3.8, 4) is 0 Å². The van der Waals surface area contributed by atoms with E-state index in [1.165, 1.54) is 6.42 Å². The van der Waals surface area contributed by atoms with E-state index in [9.17, 15) is 4.79 Å². The van der Waals surface area contributed by atoms with E-state index in [1.807, 2.05) is 18.9 Å². The van der Waals surface area contributed by atoms with Crippen LogP contribution in [0.2, 0.25) is 0 Å². The van der Waals surface area contributed by atoms with Crippen molar-refractivity contribution >= 4 is 5.91 Å². The average molecular weight is 229 g/mol. The summed E-state index contributed by atoms with van der Waals surface area (Å²) in [5.74, 6) is 0.946. The van der Waals surface area contributed by atoms with Crippen molar-refractivity contribution in [3.63, 3.8) is 0 Å². The highest BCUT2D eigenvalue weighted by Gasteiger charge is 2.09. The van der Waals surface area contributed by atoms with Crippen molar-refractivity contribution in [1.82, 2.24) is 4.90 Å². The molecule has 3 heteroatoms. The highest BCUT2D eigenvalue weighted by molar-refractivity contribution is 5.75. The van der Waals surface area contributed by atoms with Gasteiger partial charge in [0.25, 0.3) is 0 Å². The van der Waals surface area contributed by atoms with Crippen LogP contribution in [0.5, 0.6) is 0 Å². The predicted molar refractivity (Wildman–Crippen MR) is 67.4 cm³/mol. The van der Waals surface area contributed by atoms with Gasteiger partial charge in [-0.2, -0.15) is 0 Å². The van der Waals surface area contributed by atoms with Crippen molar-refractivity contribution in [3.05, 3.63) is 0 Å². The lowest BCUT2D eigenvalue weighted by atomic mass is 10.1. The number of nitrogens with zero attached hydrogens (tertiary/aromatic N) is 1. The molecule has 0 saturated carbocycles. The Bertz CT molecular complexity index is 183. The van der Waals surface area contributed by atoms with Crippen molar-refractivity contribution in [2.75, 3.05) is 26.8 Å². The molecule has 1 amide bonds. The monoisotopic (exact) mass is 229 g/mol. The molecule has 0 aliphatic heterocycles. The van der Waals surface area contributed by atoms with Crippen LogP contribution in [0.1, 0.15) is 46.5 Å². The van der Waals surface area contributed by atoms with Gasteiger partial charge < -0.3 is 9.64 Å². The highest BCUT2D eigenvalue weighted by Crippen LogP contribution is 2.07. The van der Waals surface area contributed by atoms with Gasteiger partial charge in [0.1, 0.15) is 0 Å². The maximum atomic E-state index is 11.7. The van der Waals surface area contributed by atoms with E-state index in [4.69, 9.17) is 4.74 Å². The first kappa shape index (κ1) is 15.4. The topological polar surface area (TPSA) is 29.5 Å². The Kier molecular flexibility index (Phi) is 9.30. The Morgan fingerprint density at radius 1 is 1.38 bits per heavy atom. The van der Waals surface area contributed by atoms with Gasteiger partial charge in [-0.25, -0.2) is 0 Å². The van der Waals surface area contributed by atoms with Crippen molar-refractivity contribution in [2.45, 2.75) is 46.5 Å². The molecular formula is C13H27NO2. The molecule has 0 heterocycles. The second-order valence-electron chi connectivity index (χ2n) is 4.42. The summed E-state index contributed by atoms with van der Waals surface area (Å²) in [7, 11) is 1.89. The van der Waals surface area contributed by atoms with Crippen molar-refractivity contribution in [2.24, 2.45) is 5.92 Å². The zero-order valence-electron chi connectivity index (χ0n) is 11.3. The lowest BCUT2D eigenvalue weighted by Crippen LogP contribution is -2.28. The maximum absolute atomic E-state index is 11.7. The zero-order chi connectivity index (χ0) is 12.4. The zero-order valence-corrected chi connectivity index (χ0v) is 11.3. The smallest absolute Gasteiger partial charge is 0.222 e. The Morgan fingerprint density at radius 2 is 2.06 bits per heavy atom. The van der Waals surface area contributed by atoms with Gasteiger partial charge in [-0.1, -0.05) is 20.3 Å². The van der Waals surface area contributed by atoms with Gasteiger partial charge >= 0.3 is 0 Å². The lowest BCUT2D eigenvalue weighted by Gasteiger charge is -2.19. The van der Waals surface area contributed by atoms with Gasteiger partial charge in [-0.3, -0.25) is 4.79 Å². The van der Waals surface area contributed by atoms with E-state index >= 15 is 0 Å². The quantitative estimate of drug-likeness (QED) is 0.569. The van der Waals surface area contributed by atoms with Crippen molar-refractivity contribution < 1.29 is 9.53 Å². The van der Waals surface area contributed by atoms with Crippen LogP contribution in [0.4, 0.5) is 0 Å². The molecule has 0 bridgehead atoms. The number of rotatable bonds is 9. The molecule has 0 fully saturated rings. The van der Waals surface area contributed by atoms with Gasteiger partial charge in [0, 0.05) is 33.2 Å². The van der Waals surface area contributed by atoms with Crippen LogP contribution >= 0.6 is 0 Å². The fraction of sp³-hybridized carbons (Fsp3) is 0.923. The van der Waals surface area contributed by atoms with Crippen LogP contribution in [0.3, 0.4) is 0 Å². The minimum Gasteiger partial charge on any atom is -0.382 e. The van der Waals surface area contributed by atoms with E-state index < -0.39 is 0 Å².